The Bertz CT molecular complexity index is 805. The number of hydrogen-bond donors (Lipinski definition) is 0. The van der Waals surface area contributed by atoms with Crippen molar-refractivity contribution in [2.45, 2.75) is 13.0 Å². The maximum Gasteiger partial charge on any atom is 0.409 e. The maximum atomic E-state index is 13.0. The lowest BCUT2D eigenvalue weighted by molar-refractivity contribution is -0.143. The van der Waals surface area contributed by atoms with Crippen LogP contribution >= 0.6 is 0 Å². The van der Waals surface area contributed by atoms with E-state index in [1.54, 1.807) is 11.8 Å². The first-order chi connectivity index (χ1) is 14.7. The molecule has 0 aliphatic carbocycles. The highest BCUT2D eigenvalue weighted by atomic mass is 16.6. The van der Waals surface area contributed by atoms with E-state index in [0.29, 0.717) is 32.8 Å². The minimum absolute atomic E-state index is 0.0223. The molecule has 2 aliphatic heterocycles. The second kappa shape index (κ2) is 9.30. The zero-order chi connectivity index (χ0) is 20.9. The van der Waals surface area contributed by atoms with E-state index >= 15 is 0 Å². The Labute approximate surface area is 178 Å². The molecule has 2 aliphatic rings. The van der Waals surface area contributed by atoms with Gasteiger partial charge in [-0.3, -0.25) is 9.69 Å². The van der Waals surface area contributed by atoms with Crippen molar-refractivity contribution in [3.8, 4) is 0 Å². The van der Waals surface area contributed by atoms with Crippen LogP contribution in [0.2, 0.25) is 0 Å². The summed E-state index contributed by atoms with van der Waals surface area (Å²) in [5, 5.41) is 0. The molecule has 0 spiro atoms. The molecule has 6 nitrogen and oxygen atoms in total. The highest BCUT2D eigenvalue weighted by Crippen LogP contribution is 2.34. The Balaban J connectivity index is 1.36. The van der Waals surface area contributed by atoms with E-state index in [4.69, 9.17) is 4.74 Å². The molecular weight excluding hydrogens is 378 g/mol. The Morgan fingerprint density at radius 2 is 1.37 bits per heavy atom. The van der Waals surface area contributed by atoms with Crippen LogP contribution in [0.5, 0.6) is 0 Å². The third-order valence-corrected chi connectivity index (χ3v) is 5.97. The van der Waals surface area contributed by atoms with Crippen LogP contribution in [0.4, 0.5) is 4.79 Å². The summed E-state index contributed by atoms with van der Waals surface area (Å²) in [5.74, 6) is 0.226. The van der Waals surface area contributed by atoms with Crippen molar-refractivity contribution in [1.82, 2.24) is 14.7 Å². The fraction of sp³-hybridized carbons (Fsp3) is 0.417. The second-order valence-corrected chi connectivity index (χ2v) is 7.89. The minimum Gasteiger partial charge on any atom is -0.450 e. The van der Waals surface area contributed by atoms with Gasteiger partial charge in [0.05, 0.1) is 18.6 Å². The lowest BCUT2D eigenvalue weighted by Gasteiger charge is -2.46. The standard InChI is InChI=1S/C24H29N3O3/c1-2-30-24(29)26-15-13-25(14-16-26)23(28)21-17-27(18-21)22(19-9-5-3-6-10-19)20-11-7-4-8-12-20/h3-12,21-22H,2,13-18H2,1H3. The Morgan fingerprint density at radius 3 is 1.87 bits per heavy atom. The van der Waals surface area contributed by atoms with Gasteiger partial charge in [0, 0.05) is 39.3 Å². The average Bonchev–Trinajstić information content (AvgIpc) is 2.77. The van der Waals surface area contributed by atoms with Gasteiger partial charge >= 0.3 is 6.09 Å². The highest BCUT2D eigenvalue weighted by Gasteiger charge is 2.40. The quantitative estimate of drug-likeness (QED) is 0.765. The van der Waals surface area contributed by atoms with Crippen LogP contribution in [0.1, 0.15) is 24.1 Å². The summed E-state index contributed by atoms with van der Waals surface area (Å²) in [4.78, 5) is 30.8. The molecule has 2 aromatic rings. The predicted octanol–water partition coefficient (Wildman–Crippen LogP) is 3.01. The molecule has 0 radical (unpaired) electrons. The van der Waals surface area contributed by atoms with Crippen LogP contribution in [0.3, 0.4) is 0 Å². The van der Waals surface area contributed by atoms with Gasteiger partial charge in [-0.1, -0.05) is 60.7 Å². The number of nitrogens with zero attached hydrogens (tertiary/aromatic N) is 3. The van der Waals surface area contributed by atoms with Crippen molar-refractivity contribution in [3.05, 3.63) is 71.8 Å². The number of carbonyl (C=O) groups is 2. The monoisotopic (exact) mass is 407 g/mol. The van der Waals surface area contributed by atoms with Gasteiger partial charge in [0.25, 0.3) is 0 Å². The molecule has 0 bridgehead atoms. The van der Waals surface area contributed by atoms with Crippen molar-refractivity contribution >= 4 is 12.0 Å². The van der Waals surface area contributed by atoms with Gasteiger partial charge in [0.2, 0.25) is 5.91 Å². The van der Waals surface area contributed by atoms with Crippen LogP contribution in [-0.4, -0.2) is 72.6 Å². The van der Waals surface area contributed by atoms with E-state index in [1.165, 1.54) is 11.1 Å². The number of amides is 2. The van der Waals surface area contributed by atoms with E-state index in [9.17, 15) is 9.59 Å². The van der Waals surface area contributed by atoms with Gasteiger partial charge < -0.3 is 14.5 Å². The SMILES string of the molecule is CCOC(=O)N1CCN(C(=O)C2CN(C(c3ccccc3)c3ccccc3)C2)CC1. The fourth-order valence-electron chi connectivity index (χ4n) is 4.35. The number of likely N-dealkylation sites (tertiary alicyclic amines) is 1. The number of benzene rings is 2. The number of rotatable bonds is 5. The van der Waals surface area contributed by atoms with E-state index in [0.717, 1.165) is 13.1 Å². The van der Waals surface area contributed by atoms with Gasteiger partial charge in [-0.15, -0.1) is 0 Å². The molecule has 6 heteroatoms. The number of ether oxygens (including phenoxy) is 1. The van der Waals surface area contributed by atoms with Gasteiger partial charge in [-0.05, 0) is 18.1 Å². The number of carbonyl (C=O) groups excluding carboxylic acids is 2. The molecule has 0 unspecified atom stereocenters. The molecule has 4 rings (SSSR count). The van der Waals surface area contributed by atoms with Gasteiger partial charge in [0.15, 0.2) is 0 Å². The summed E-state index contributed by atoms with van der Waals surface area (Å²) in [6.45, 7) is 5.92. The summed E-state index contributed by atoms with van der Waals surface area (Å²) in [6, 6.07) is 21.1. The number of hydrogen-bond acceptors (Lipinski definition) is 4. The second-order valence-electron chi connectivity index (χ2n) is 7.89. The molecule has 2 fully saturated rings. The molecule has 2 heterocycles. The van der Waals surface area contributed by atoms with Crippen LogP contribution in [0.15, 0.2) is 60.7 Å². The first-order valence-electron chi connectivity index (χ1n) is 10.7. The Hall–Kier alpha value is -2.86. The lowest BCUT2D eigenvalue weighted by atomic mass is 9.89. The van der Waals surface area contributed by atoms with Crippen LogP contribution in [0, 0.1) is 5.92 Å². The average molecular weight is 408 g/mol. The van der Waals surface area contributed by atoms with E-state index in [2.05, 4.69) is 53.4 Å². The van der Waals surface area contributed by atoms with E-state index < -0.39 is 0 Å². The highest BCUT2D eigenvalue weighted by molar-refractivity contribution is 5.80. The molecular formula is C24H29N3O3. The Morgan fingerprint density at radius 1 is 0.867 bits per heavy atom. The summed E-state index contributed by atoms with van der Waals surface area (Å²) in [5.41, 5.74) is 2.50. The largest absolute Gasteiger partial charge is 0.450 e. The zero-order valence-electron chi connectivity index (χ0n) is 17.4. The molecule has 2 aromatic carbocycles. The van der Waals surface area contributed by atoms with Gasteiger partial charge in [-0.2, -0.15) is 0 Å². The van der Waals surface area contributed by atoms with Crippen molar-refractivity contribution in [2.75, 3.05) is 45.9 Å². The fourth-order valence-corrected chi connectivity index (χ4v) is 4.35. The van der Waals surface area contributed by atoms with Crippen LogP contribution in [0.25, 0.3) is 0 Å². The van der Waals surface area contributed by atoms with Gasteiger partial charge in [0.1, 0.15) is 0 Å². The molecule has 158 valence electrons. The first-order valence-corrected chi connectivity index (χ1v) is 10.7. The topological polar surface area (TPSA) is 53.1 Å². The number of piperazine rings is 1. The minimum atomic E-state index is -0.284. The molecule has 30 heavy (non-hydrogen) atoms. The Kier molecular flexibility index (Phi) is 6.33. The normalized spacial score (nSPS) is 17.7. The van der Waals surface area contributed by atoms with E-state index in [1.807, 2.05) is 17.0 Å². The molecule has 2 amide bonds. The third kappa shape index (κ3) is 4.33. The summed E-state index contributed by atoms with van der Waals surface area (Å²) in [7, 11) is 0. The van der Waals surface area contributed by atoms with Crippen molar-refractivity contribution in [2.24, 2.45) is 5.92 Å². The molecule has 0 N–H and O–H groups in total. The van der Waals surface area contributed by atoms with Crippen molar-refractivity contribution in [3.63, 3.8) is 0 Å². The third-order valence-electron chi connectivity index (χ3n) is 5.97. The summed E-state index contributed by atoms with van der Waals surface area (Å²) < 4.78 is 5.06. The maximum absolute atomic E-state index is 13.0. The van der Waals surface area contributed by atoms with E-state index in [-0.39, 0.29) is 24.0 Å². The summed E-state index contributed by atoms with van der Waals surface area (Å²) in [6.07, 6.45) is -0.284. The molecule has 0 saturated carbocycles. The smallest absolute Gasteiger partial charge is 0.409 e. The van der Waals surface area contributed by atoms with Gasteiger partial charge in [-0.25, -0.2) is 4.79 Å². The van der Waals surface area contributed by atoms with Crippen molar-refractivity contribution in [1.29, 1.82) is 0 Å². The van der Waals surface area contributed by atoms with Crippen LogP contribution < -0.4 is 0 Å². The molecule has 2 saturated heterocycles. The first kappa shape index (κ1) is 20.4. The lowest BCUT2D eigenvalue weighted by Crippen LogP contribution is -2.59. The van der Waals surface area contributed by atoms with Crippen molar-refractivity contribution < 1.29 is 14.3 Å². The van der Waals surface area contributed by atoms with Crippen LogP contribution in [-0.2, 0) is 9.53 Å². The molecule has 0 aromatic heterocycles. The summed E-state index contributed by atoms with van der Waals surface area (Å²) >= 11 is 0. The molecule has 0 atom stereocenters. The zero-order valence-corrected chi connectivity index (χ0v) is 17.4. The predicted molar refractivity (Wildman–Crippen MR) is 115 cm³/mol.